The zero-order valence-corrected chi connectivity index (χ0v) is 25.1. The van der Waals surface area contributed by atoms with Gasteiger partial charge in [-0.1, -0.05) is 65.3 Å². The molecule has 4 unspecified atom stereocenters. The first-order valence-electron chi connectivity index (χ1n) is 14.4. The summed E-state index contributed by atoms with van der Waals surface area (Å²) in [5.74, 6) is 0.401. The molecule has 1 aliphatic carbocycles. The summed E-state index contributed by atoms with van der Waals surface area (Å²) in [6, 6.07) is 11.9. The van der Waals surface area contributed by atoms with E-state index in [9.17, 15) is 9.90 Å². The van der Waals surface area contributed by atoms with Crippen molar-refractivity contribution in [2.75, 3.05) is 7.11 Å². The summed E-state index contributed by atoms with van der Waals surface area (Å²) in [4.78, 5) is 14.8. The molecule has 4 atom stereocenters. The molecule has 0 fully saturated rings. The predicted octanol–water partition coefficient (Wildman–Crippen LogP) is 9.22. The van der Waals surface area contributed by atoms with Crippen LogP contribution in [0.3, 0.4) is 0 Å². The summed E-state index contributed by atoms with van der Waals surface area (Å²) >= 11 is 0. The Balaban J connectivity index is 1.85. The normalized spacial score (nSPS) is 23.4. The van der Waals surface area contributed by atoms with Crippen LogP contribution in [0.4, 0.5) is 0 Å². The summed E-state index contributed by atoms with van der Waals surface area (Å²) in [5, 5.41) is 11.4. The molecular weight excluding hydrogens is 496 g/mol. The van der Waals surface area contributed by atoms with Crippen molar-refractivity contribution in [1.29, 1.82) is 0 Å². The van der Waals surface area contributed by atoms with Crippen LogP contribution in [0.5, 0.6) is 17.2 Å². The van der Waals surface area contributed by atoms with E-state index in [0.717, 1.165) is 31.2 Å². The van der Waals surface area contributed by atoms with Crippen LogP contribution in [0.15, 0.2) is 77.4 Å². The smallest absolute Gasteiger partial charge is 0.174 e. The Hall–Kier alpha value is -3.53. The number of carbonyl (C=O) groups is 1. The monoisotopic (exact) mass is 540 g/mol. The number of fused-ring (bicyclic) bond motifs is 1. The molecule has 1 N–H and O–H groups in total. The van der Waals surface area contributed by atoms with Crippen LogP contribution < -0.4 is 9.47 Å². The van der Waals surface area contributed by atoms with Crippen molar-refractivity contribution >= 4 is 11.9 Å². The van der Waals surface area contributed by atoms with Crippen molar-refractivity contribution in [1.82, 2.24) is 0 Å². The average Bonchev–Trinajstić information content (AvgIpc) is 2.91. The number of allylic oxidation sites excluding steroid dienone is 6. The first-order valence-corrected chi connectivity index (χ1v) is 14.4. The fraction of sp³-hybridized carbons (Fsp3) is 0.417. The molecule has 4 heteroatoms. The summed E-state index contributed by atoms with van der Waals surface area (Å²) in [7, 11) is 1.57. The molecule has 0 radical (unpaired) electrons. The highest BCUT2D eigenvalue weighted by atomic mass is 16.5. The molecule has 2 aliphatic rings. The fourth-order valence-electron chi connectivity index (χ4n) is 6.06. The number of phenols is 1. The number of rotatable bonds is 9. The maximum Gasteiger partial charge on any atom is 0.174 e. The van der Waals surface area contributed by atoms with Gasteiger partial charge in [0.1, 0.15) is 28.4 Å². The van der Waals surface area contributed by atoms with Crippen molar-refractivity contribution in [3.63, 3.8) is 0 Å². The summed E-state index contributed by atoms with van der Waals surface area (Å²) in [5.41, 5.74) is 5.19. The van der Waals surface area contributed by atoms with E-state index in [4.69, 9.17) is 9.47 Å². The summed E-state index contributed by atoms with van der Waals surface area (Å²) in [6.07, 6.45) is 13.9. The highest BCUT2D eigenvalue weighted by Crippen LogP contribution is 2.50. The third-order valence-electron chi connectivity index (χ3n) is 8.31. The highest BCUT2D eigenvalue weighted by Gasteiger charge is 2.43. The first kappa shape index (κ1) is 29.5. The van der Waals surface area contributed by atoms with E-state index in [1.54, 1.807) is 13.2 Å². The van der Waals surface area contributed by atoms with Gasteiger partial charge in [-0.2, -0.15) is 0 Å². The molecule has 2 aromatic rings. The van der Waals surface area contributed by atoms with Crippen molar-refractivity contribution in [2.45, 2.75) is 78.7 Å². The Morgan fingerprint density at radius 2 is 1.82 bits per heavy atom. The van der Waals surface area contributed by atoms with E-state index in [-0.39, 0.29) is 34.8 Å². The van der Waals surface area contributed by atoms with Gasteiger partial charge in [0.05, 0.1) is 12.7 Å². The van der Waals surface area contributed by atoms with Gasteiger partial charge < -0.3 is 14.6 Å². The molecule has 0 spiro atoms. The summed E-state index contributed by atoms with van der Waals surface area (Å²) in [6.45, 7) is 12.5. The second-order valence-corrected chi connectivity index (χ2v) is 12.0. The van der Waals surface area contributed by atoms with Gasteiger partial charge in [-0.25, -0.2) is 0 Å². The van der Waals surface area contributed by atoms with Crippen LogP contribution in [0.1, 0.15) is 94.6 Å². The number of Topliss-reactive ketones (excluding diaryl/α,β-unsaturated/α-hetero) is 1. The fourth-order valence-corrected chi connectivity index (χ4v) is 6.06. The van der Waals surface area contributed by atoms with Crippen molar-refractivity contribution < 1.29 is 19.4 Å². The Bertz CT molecular complexity index is 1350. The lowest BCUT2D eigenvalue weighted by Gasteiger charge is -2.38. The minimum Gasteiger partial charge on any atom is -0.507 e. The number of hydrogen-bond donors (Lipinski definition) is 1. The predicted molar refractivity (Wildman–Crippen MR) is 164 cm³/mol. The Kier molecular flexibility index (Phi) is 9.08. The van der Waals surface area contributed by atoms with Gasteiger partial charge >= 0.3 is 0 Å². The van der Waals surface area contributed by atoms with Crippen LogP contribution in [0.25, 0.3) is 6.08 Å². The third-order valence-corrected chi connectivity index (χ3v) is 8.31. The molecule has 4 nitrogen and oxygen atoms in total. The molecule has 1 aliphatic heterocycles. The zero-order valence-electron chi connectivity index (χ0n) is 25.1. The molecule has 0 saturated carbocycles. The van der Waals surface area contributed by atoms with Gasteiger partial charge in [-0.3, -0.25) is 4.79 Å². The highest BCUT2D eigenvalue weighted by molar-refractivity contribution is 6.05. The van der Waals surface area contributed by atoms with Gasteiger partial charge in [0.25, 0.3) is 0 Å². The standard InChI is InChI=1S/C36H44O4/c1-23(2)12-11-20-36(6)21-19-29-31(39-7)22-30(37)33(35(29)40-36)34(38)32-27(17-15-24(3)4)25(5)16-18-28(32)26-13-9-8-10-14-26/h8-10,12-16,19,21-22,27-28,32,37H,11,17-18,20H2,1-7H3. The Morgan fingerprint density at radius 1 is 1.12 bits per heavy atom. The number of hydrogen-bond acceptors (Lipinski definition) is 4. The number of benzene rings is 2. The molecule has 2 aromatic carbocycles. The van der Waals surface area contributed by atoms with Crippen molar-refractivity contribution in [3.8, 4) is 17.2 Å². The van der Waals surface area contributed by atoms with Gasteiger partial charge in [-0.15, -0.1) is 0 Å². The van der Waals surface area contributed by atoms with E-state index in [0.29, 0.717) is 17.1 Å². The molecule has 0 saturated heterocycles. The van der Waals surface area contributed by atoms with E-state index >= 15 is 0 Å². The molecule has 4 rings (SSSR count). The number of carbonyl (C=O) groups excluding carboxylic acids is 1. The maximum absolute atomic E-state index is 14.8. The number of ketones is 1. The second-order valence-electron chi connectivity index (χ2n) is 12.0. The second kappa shape index (κ2) is 12.3. The van der Waals surface area contributed by atoms with Gasteiger partial charge in [-0.05, 0) is 96.8 Å². The van der Waals surface area contributed by atoms with Crippen LogP contribution in [-0.4, -0.2) is 23.6 Å². The first-order chi connectivity index (χ1) is 19.0. The van der Waals surface area contributed by atoms with Gasteiger partial charge in [0.2, 0.25) is 0 Å². The lowest BCUT2D eigenvalue weighted by Crippen LogP contribution is -2.36. The molecule has 1 heterocycles. The minimum absolute atomic E-state index is 0.00621. The largest absolute Gasteiger partial charge is 0.507 e. The number of phenolic OH excluding ortho intramolecular Hbond substituents is 1. The molecular formula is C36H44O4. The van der Waals surface area contributed by atoms with E-state index < -0.39 is 5.60 Å². The molecule has 0 amide bonds. The Labute approximate surface area is 240 Å². The lowest BCUT2D eigenvalue weighted by atomic mass is 9.65. The topological polar surface area (TPSA) is 55.8 Å². The zero-order chi connectivity index (χ0) is 29.0. The third kappa shape index (κ3) is 6.27. The van der Waals surface area contributed by atoms with Gasteiger partial charge in [0.15, 0.2) is 5.78 Å². The Morgan fingerprint density at radius 3 is 2.48 bits per heavy atom. The minimum atomic E-state index is -0.616. The van der Waals surface area contributed by atoms with Crippen LogP contribution in [0.2, 0.25) is 0 Å². The van der Waals surface area contributed by atoms with Crippen LogP contribution in [-0.2, 0) is 0 Å². The van der Waals surface area contributed by atoms with E-state index in [2.05, 4.69) is 65.0 Å². The van der Waals surface area contributed by atoms with E-state index in [1.165, 1.54) is 16.7 Å². The van der Waals surface area contributed by atoms with Gasteiger partial charge in [0, 0.05) is 12.0 Å². The quantitative estimate of drug-likeness (QED) is 0.254. The van der Waals surface area contributed by atoms with Crippen molar-refractivity contribution in [3.05, 3.63) is 94.1 Å². The maximum atomic E-state index is 14.8. The van der Waals surface area contributed by atoms with Crippen LogP contribution in [0, 0.1) is 11.8 Å². The van der Waals surface area contributed by atoms with Crippen LogP contribution >= 0.6 is 0 Å². The molecule has 0 bridgehead atoms. The number of ether oxygens (including phenoxy) is 2. The average molecular weight is 541 g/mol. The lowest BCUT2D eigenvalue weighted by molar-refractivity contribution is 0.0826. The molecule has 212 valence electrons. The number of methoxy groups -OCH3 is 1. The van der Waals surface area contributed by atoms with E-state index in [1.807, 2.05) is 37.3 Å². The molecule has 40 heavy (non-hydrogen) atoms. The van der Waals surface area contributed by atoms with Crippen molar-refractivity contribution in [2.24, 2.45) is 11.8 Å². The SMILES string of the molecule is COc1cc(O)c(C(=O)C2C(CC=C(C)C)C(C)=CCC2c2ccccc2)c2c1C=CC(C)(CCC=C(C)C)O2. The number of aromatic hydroxyl groups is 1. The summed E-state index contributed by atoms with van der Waals surface area (Å²) < 4.78 is 12.3. The molecule has 0 aromatic heterocycles.